The highest BCUT2D eigenvalue weighted by atomic mass is 32.1. The minimum atomic E-state index is -0.447. The van der Waals surface area contributed by atoms with Crippen molar-refractivity contribution in [2.45, 2.75) is 19.4 Å². The Labute approximate surface area is 132 Å². The summed E-state index contributed by atoms with van der Waals surface area (Å²) in [6, 6.07) is 9.00. The molecule has 0 amide bonds. The van der Waals surface area contributed by atoms with Crippen molar-refractivity contribution in [3.63, 3.8) is 0 Å². The highest BCUT2D eigenvalue weighted by Gasteiger charge is 2.23. The van der Waals surface area contributed by atoms with Gasteiger partial charge >= 0.3 is 5.97 Å². The Morgan fingerprint density at radius 3 is 3.00 bits per heavy atom. The molecule has 0 fully saturated rings. The summed E-state index contributed by atoms with van der Waals surface area (Å²) in [5.74, 6) is 0.948. The Bertz CT molecular complexity index is 709. The Morgan fingerprint density at radius 1 is 1.41 bits per heavy atom. The molecule has 1 aromatic carbocycles. The third-order valence-corrected chi connectivity index (χ3v) is 4.12. The normalized spacial score (nSPS) is 18.5. The van der Waals surface area contributed by atoms with Gasteiger partial charge in [-0.15, -0.1) is 11.3 Å². The van der Waals surface area contributed by atoms with Crippen molar-refractivity contribution in [3.05, 3.63) is 46.2 Å². The smallest absolute Gasteiger partial charge is 0.375 e. The third kappa shape index (κ3) is 2.96. The van der Waals surface area contributed by atoms with Gasteiger partial charge in [0.15, 0.2) is 0 Å². The topological polar surface area (TPSA) is 57.1 Å². The first-order chi connectivity index (χ1) is 10.7. The molecule has 1 atom stereocenters. The Balaban J connectivity index is 1.85. The molecular formula is C16H15NO4S. The van der Waals surface area contributed by atoms with Crippen LogP contribution in [0.5, 0.6) is 11.5 Å². The molecule has 0 saturated heterocycles. The number of benzene rings is 1. The van der Waals surface area contributed by atoms with Crippen molar-refractivity contribution in [2.24, 2.45) is 5.16 Å². The Hall–Kier alpha value is -2.34. The van der Waals surface area contributed by atoms with Crippen LogP contribution in [0, 0.1) is 0 Å². The maximum atomic E-state index is 11.9. The fourth-order valence-electron chi connectivity index (χ4n) is 2.23. The number of rotatable bonds is 3. The number of carbonyl (C=O) groups excluding carboxylic acids is 1. The van der Waals surface area contributed by atoms with Crippen molar-refractivity contribution < 1.29 is 19.1 Å². The molecule has 114 valence electrons. The number of oxime groups is 1. The van der Waals surface area contributed by atoms with Crippen LogP contribution in [-0.4, -0.2) is 24.9 Å². The van der Waals surface area contributed by atoms with Crippen LogP contribution in [0.15, 0.2) is 40.9 Å². The molecule has 5 nitrogen and oxygen atoms in total. The summed E-state index contributed by atoms with van der Waals surface area (Å²) in [6.45, 7) is 1.94. The second-order valence-corrected chi connectivity index (χ2v) is 5.84. The van der Waals surface area contributed by atoms with Crippen LogP contribution in [0.1, 0.15) is 28.6 Å². The predicted molar refractivity (Wildman–Crippen MR) is 84.0 cm³/mol. The van der Waals surface area contributed by atoms with E-state index in [1.54, 1.807) is 19.2 Å². The van der Waals surface area contributed by atoms with Gasteiger partial charge in [-0.25, -0.2) is 4.79 Å². The highest BCUT2D eigenvalue weighted by molar-refractivity contribution is 7.11. The minimum absolute atomic E-state index is 0.0428. The van der Waals surface area contributed by atoms with E-state index in [2.05, 4.69) is 5.16 Å². The maximum absolute atomic E-state index is 11.9. The molecule has 0 aliphatic carbocycles. The van der Waals surface area contributed by atoms with Crippen molar-refractivity contribution in [2.75, 3.05) is 7.11 Å². The van der Waals surface area contributed by atoms with Gasteiger partial charge in [0.05, 0.1) is 12.8 Å². The molecule has 0 N–H and O–H groups in total. The zero-order valence-corrected chi connectivity index (χ0v) is 13.1. The second-order valence-electron chi connectivity index (χ2n) is 4.89. The summed E-state index contributed by atoms with van der Waals surface area (Å²) < 4.78 is 11.0. The molecule has 1 aliphatic heterocycles. The lowest BCUT2D eigenvalue weighted by atomic mass is 10.0. The average Bonchev–Trinajstić information content (AvgIpc) is 3.05. The van der Waals surface area contributed by atoms with Crippen LogP contribution in [-0.2, 0) is 4.84 Å². The minimum Gasteiger partial charge on any atom is -0.497 e. The lowest BCUT2D eigenvalue weighted by molar-refractivity contribution is 0.0519. The number of hydrogen-bond acceptors (Lipinski definition) is 6. The van der Waals surface area contributed by atoms with Crippen LogP contribution in [0.4, 0.5) is 0 Å². The molecule has 2 aromatic rings. The summed E-state index contributed by atoms with van der Waals surface area (Å²) in [7, 11) is 1.60. The monoisotopic (exact) mass is 317 g/mol. The fourth-order valence-corrected chi connectivity index (χ4v) is 2.82. The van der Waals surface area contributed by atoms with Crippen LogP contribution >= 0.6 is 11.3 Å². The summed E-state index contributed by atoms with van der Waals surface area (Å²) in [4.78, 5) is 17.5. The van der Waals surface area contributed by atoms with Crippen LogP contribution in [0.3, 0.4) is 0 Å². The predicted octanol–water partition coefficient (Wildman–Crippen LogP) is 3.49. The number of nitrogens with zero attached hydrogens (tertiary/aromatic N) is 1. The van der Waals surface area contributed by atoms with E-state index in [1.165, 1.54) is 11.3 Å². The number of carbonyl (C=O) groups is 1. The summed E-state index contributed by atoms with van der Waals surface area (Å²) in [6.07, 6.45) is 0.538. The van der Waals surface area contributed by atoms with Crippen molar-refractivity contribution >= 4 is 23.0 Å². The molecule has 0 saturated carbocycles. The maximum Gasteiger partial charge on any atom is 0.375 e. The van der Waals surface area contributed by atoms with Crippen molar-refractivity contribution in [3.8, 4) is 11.5 Å². The van der Waals surface area contributed by atoms with E-state index >= 15 is 0 Å². The number of ether oxygens (including phenoxy) is 2. The second kappa shape index (κ2) is 6.19. The van der Waals surface area contributed by atoms with E-state index in [0.717, 1.165) is 5.56 Å². The average molecular weight is 317 g/mol. The van der Waals surface area contributed by atoms with Gasteiger partial charge < -0.3 is 14.3 Å². The van der Waals surface area contributed by atoms with Gasteiger partial charge in [0, 0.05) is 18.1 Å². The van der Waals surface area contributed by atoms with Gasteiger partial charge in [-0.05, 0) is 30.5 Å². The quantitative estimate of drug-likeness (QED) is 0.642. The number of hydrogen-bond donors (Lipinski definition) is 0. The van der Waals surface area contributed by atoms with E-state index in [9.17, 15) is 4.79 Å². The van der Waals surface area contributed by atoms with Gasteiger partial charge in [-0.1, -0.05) is 11.2 Å². The van der Waals surface area contributed by atoms with Gasteiger partial charge in [-0.3, -0.25) is 0 Å². The van der Waals surface area contributed by atoms with Gasteiger partial charge in [-0.2, -0.15) is 0 Å². The number of fused-ring (bicyclic) bond motifs is 1. The standard InChI is InChI=1S/C16H15NO4S/c1-10-8-13(17-21-16(18)15-4-3-7-22-15)12-6-5-11(19-2)9-14(12)20-10/h3-7,9-10H,8H2,1-2H3/b17-13+/t10-/m0/s1. The largest absolute Gasteiger partial charge is 0.497 e. The summed E-state index contributed by atoms with van der Waals surface area (Å²) >= 11 is 1.32. The molecule has 0 spiro atoms. The first-order valence-corrected chi connectivity index (χ1v) is 7.72. The van der Waals surface area contributed by atoms with Crippen LogP contribution < -0.4 is 9.47 Å². The van der Waals surface area contributed by atoms with E-state index in [0.29, 0.717) is 28.5 Å². The summed E-state index contributed by atoms with van der Waals surface area (Å²) in [5.41, 5.74) is 1.51. The highest BCUT2D eigenvalue weighted by Crippen LogP contribution is 2.31. The molecule has 6 heteroatoms. The van der Waals surface area contributed by atoms with E-state index in [-0.39, 0.29) is 6.10 Å². The zero-order valence-electron chi connectivity index (χ0n) is 12.2. The van der Waals surface area contributed by atoms with Gasteiger partial charge in [0.1, 0.15) is 22.5 Å². The molecule has 3 rings (SSSR count). The van der Waals surface area contributed by atoms with E-state index < -0.39 is 5.97 Å². The molecule has 1 aromatic heterocycles. The van der Waals surface area contributed by atoms with Gasteiger partial charge in [0.25, 0.3) is 0 Å². The molecule has 22 heavy (non-hydrogen) atoms. The number of methoxy groups -OCH3 is 1. The molecule has 2 heterocycles. The first kappa shape index (κ1) is 14.6. The van der Waals surface area contributed by atoms with Crippen molar-refractivity contribution in [1.29, 1.82) is 0 Å². The Morgan fingerprint density at radius 2 is 2.27 bits per heavy atom. The lowest BCUT2D eigenvalue weighted by Crippen LogP contribution is -2.25. The number of thiophene rings is 1. The molecule has 0 unspecified atom stereocenters. The van der Waals surface area contributed by atoms with Crippen LogP contribution in [0.2, 0.25) is 0 Å². The SMILES string of the molecule is COc1ccc2c(c1)O[C@@H](C)C/C2=N\OC(=O)c1cccs1. The lowest BCUT2D eigenvalue weighted by Gasteiger charge is -2.24. The summed E-state index contributed by atoms with van der Waals surface area (Å²) in [5, 5.41) is 5.86. The zero-order chi connectivity index (χ0) is 15.5. The molecule has 0 radical (unpaired) electrons. The van der Waals surface area contributed by atoms with E-state index in [4.69, 9.17) is 14.3 Å². The third-order valence-electron chi connectivity index (χ3n) is 3.27. The Kier molecular flexibility index (Phi) is 4.11. The van der Waals surface area contributed by atoms with Gasteiger partial charge in [0.2, 0.25) is 0 Å². The van der Waals surface area contributed by atoms with Crippen molar-refractivity contribution in [1.82, 2.24) is 0 Å². The molecule has 1 aliphatic rings. The molecular weight excluding hydrogens is 302 g/mol. The van der Waals surface area contributed by atoms with E-state index in [1.807, 2.05) is 30.5 Å². The van der Waals surface area contributed by atoms with Crippen LogP contribution in [0.25, 0.3) is 0 Å². The molecule has 0 bridgehead atoms. The fraction of sp³-hybridized carbons (Fsp3) is 0.250. The first-order valence-electron chi connectivity index (χ1n) is 6.84.